The summed E-state index contributed by atoms with van der Waals surface area (Å²) in [5.41, 5.74) is 7.48. The number of nitrogens with two attached hydrogens (primary N) is 1. The first-order chi connectivity index (χ1) is 16.4. The van der Waals surface area contributed by atoms with Gasteiger partial charge in [0.05, 0.1) is 18.0 Å². The number of carbonyl (C=O) groups is 1. The van der Waals surface area contributed by atoms with Gasteiger partial charge in [0.15, 0.2) is 11.9 Å². The number of hydrogen-bond acceptors (Lipinski definition) is 6. The first-order valence-corrected chi connectivity index (χ1v) is 11.4. The number of amides is 1. The molecule has 2 atom stereocenters. The fourth-order valence-corrected chi connectivity index (χ4v) is 4.73. The van der Waals surface area contributed by atoms with Crippen LogP contribution in [0.4, 0.5) is 14.9 Å². The molecule has 1 aliphatic rings. The average Bonchev–Trinajstić information content (AvgIpc) is 3.29. The van der Waals surface area contributed by atoms with Crippen LogP contribution in [-0.2, 0) is 11.2 Å². The van der Waals surface area contributed by atoms with Crippen LogP contribution >= 0.6 is 11.8 Å². The van der Waals surface area contributed by atoms with Gasteiger partial charge in [0.25, 0.3) is 0 Å². The van der Waals surface area contributed by atoms with E-state index in [2.05, 4.69) is 5.32 Å². The molecule has 0 saturated heterocycles. The Labute approximate surface area is 200 Å². The molecule has 0 bridgehead atoms. The highest BCUT2D eigenvalue weighted by molar-refractivity contribution is 8.01. The maximum absolute atomic E-state index is 14.2. The Kier molecular flexibility index (Phi) is 7.22. The predicted molar refractivity (Wildman–Crippen MR) is 129 cm³/mol. The third-order valence-corrected chi connectivity index (χ3v) is 6.66. The van der Waals surface area contributed by atoms with E-state index in [4.69, 9.17) is 25.4 Å². The van der Waals surface area contributed by atoms with Crippen molar-refractivity contribution in [2.45, 2.75) is 22.7 Å². The minimum atomic E-state index is -0.806. The van der Waals surface area contributed by atoms with E-state index in [1.54, 1.807) is 0 Å². The first kappa shape index (κ1) is 23.4. The molecule has 0 aliphatic carbocycles. The Hall–Kier alpha value is -3.72. The third kappa shape index (κ3) is 5.43. The van der Waals surface area contributed by atoms with Gasteiger partial charge in [0.2, 0.25) is 0 Å². The van der Waals surface area contributed by atoms with Gasteiger partial charge in [-0.25, -0.2) is 9.18 Å². The number of anilines is 1. The number of fused-ring (bicyclic) bond motifs is 1. The standard InChI is InChI=1S/C25H24FN3O4S/c1-31-16-10-11-19(18(26)12-16)29-25(30)32-14-21(15-6-3-2-4-7-15)33-20-8-5-9-22-17(20)13-23(34-22)24(27)28/h2-12,21,23H,13-14H2,1H3,(H3,27,28)(H,29,30). The van der Waals surface area contributed by atoms with Crippen LogP contribution in [0.25, 0.3) is 0 Å². The lowest BCUT2D eigenvalue weighted by Gasteiger charge is -2.21. The van der Waals surface area contributed by atoms with Crippen molar-refractivity contribution in [3.63, 3.8) is 0 Å². The van der Waals surface area contributed by atoms with Crippen LogP contribution in [0, 0.1) is 11.2 Å². The summed E-state index contributed by atoms with van der Waals surface area (Å²) in [6, 6.07) is 19.2. The summed E-state index contributed by atoms with van der Waals surface area (Å²) < 4.78 is 30.8. The molecule has 3 aromatic carbocycles. The molecule has 4 N–H and O–H groups in total. The lowest BCUT2D eigenvalue weighted by atomic mass is 10.1. The molecule has 0 aromatic heterocycles. The second kappa shape index (κ2) is 10.5. The van der Waals surface area contributed by atoms with Crippen LogP contribution in [0.15, 0.2) is 71.6 Å². The summed E-state index contributed by atoms with van der Waals surface area (Å²) in [5.74, 6) is 0.476. The molecule has 0 spiro atoms. The van der Waals surface area contributed by atoms with E-state index in [1.165, 1.54) is 37.1 Å². The van der Waals surface area contributed by atoms with Crippen LogP contribution in [0.5, 0.6) is 11.5 Å². The van der Waals surface area contributed by atoms with E-state index in [9.17, 15) is 9.18 Å². The molecule has 3 aromatic rings. The lowest BCUT2D eigenvalue weighted by molar-refractivity contribution is 0.0893. The van der Waals surface area contributed by atoms with Gasteiger partial charge in [0.1, 0.15) is 23.9 Å². The summed E-state index contributed by atoms with van der Waals surface area (Å²) in [7, 11) is 1.43. The highest BCUT2D eigenvalue weighted by atomic mass is 32.2. The Morgan fingerprint density at radius 2 is 2.00 bits per heavy atom. The van der Waals surface area contributed by atoms with Gasteiger partial charge in [-0.05, 0) is 36.2 Å². The smallest absolute Gasteiger partial charge is 0.411 e. The SMILES string of the molecule is COc1ccc(NC(=O)OCC(Oc2cccc3c2CC(C(=N)N)S3)c2ccccc2)c(F)c1. The number of benzene rings is 3. The van der Waals surface area contributed by atoms with Crippen molar-refractivity contribution in [3.05, 3.63) is 83.7 Å². The number of nitrogens with one attached hydrogen (secondary N) is 2. The Morgan fingerprint density at radius 3 is 2.71 bits per heavy atom. The summed E-state index contributed by atoms with van der Waals surface area (Å²) in [6.45, 7) is -0.0967. The van der Waals surface area contributed by atoms with Crippen molar-refractivity contribution >= 4 is 29.4 Å². The van der Waals surface area contributed by atoms with Crippen molar-refractivity contribution < 1.29 is 23.4 Å². The van der Waals surface area contributed by atoms with Crippen LogP contribution in [0.2, 0.25) is 0 Å². The van der Waals surface area contributed by atoms with E-state index in [-0.39, 0.29) is 23.4 Å². The second-order valence-electron chi connectivity index (χ2n) is 7.59. The zero-order valence-electron chi connectivity index (χ0n) is 18.4. The van der Waals surface area contributed by atoms with Gasteiger partial charge < -0.3 is 19.9 Å². The largest absolute Gasteiger partial charge is 0.497 e. The van der Waals surface area contributed by atoms with E-state index in [0.29, 0.717) is 17.9 Å². The van der Waals surface area contributed by atoms with Crippen molar-refractivity contribution in [2.75, 3.05) is 19.0 Å². The monoisotopic (exact) mass is 481 g/mol. The molecule has 34 heavy (non-hydrogen) atoms. The molecular weight excluding hydrogens is 457 g/mol. The van der Waals surface area contributed by atoms with E-state index in [1.807, 2.05) is 48.5 Å². The number of amidine groups is 1. The van der Waals surface area contributed by atoms with Crippen LogP contribution in [-0.4, -0.2) is 30.9 Å². The van der Waals surface area contributed by atoms with Gasteiger partial charge in [-0.3, -0.25) is 10.7 Å². The minimum absolute atomic E-state index is 0.0174. The predicted octanol–water partition coefficient (Wildman–Crippen LogP) is 5.16. The molecule has 1 heterocycles. The lowest BCUT2D eigenvalue weighted by Crippen LogP contribution is -2.24. The van der Waals surface area contributed by atoms with E-state index >= 15 is 0 Å². The summed E-state index contributed by atoms with van der Waals surface area (Å²) in [4.78, 5) is 13.4. The van der Waals surface area contributed by atoms with E-state index < -0.39 is 18.0 Å². The van der Waals surface area contributed by atoms with E-state index in [0.717, 1.165) is 16.0 Å². The number of rotatable bonds is 8. The number of carbonyl (C=O) groups excluding carboxylic acids is 1. The number of methoxy groups -OCH3 is 1. The zero-order valence-corrected chi connectivity index (χ0v) is 19.2. The van der Waals surface area contributed by atoms with Gasteiger partial charge in [-0.1, -0.05) is 36.4 Å². The summed E-state index contributed by atoms with van der Waals surface area (Å²) in [5, 5.41) is 10.1. The molecule has 2 unspecified atom stereocenters. The van der Waals surface area contributed by atoms with Crippen LogP contribution < -0.4 is 20.5 Å². The maximum Gasteiger partial charge on any atom is 0.411 e. The van der Waals surface area contributed by atoms with Gasteiger partial charge in [-0.15, -0.1) is 11.8 Å². The molecule has 0 fully saturated rings. The number of ether oxygens (including phenoxy) is 3. The van der Waals surface area contributed by atoms with Crippen molar-refractivity contribution in [3.8, 4) is 11.5 Å². The van der Waals surface area contributed by atoms with Crippen molar-refractivity contribution in [2.24, 2.45) is 5.73 Å². The molecule has 176 valence electrons. The number of thioether (sulfide) groups is 1. The van der Waals surface area contributed by atoms with Crippen molar-refractivity contribution in [1.82, 2.24) is 0 Å². The third-order valence-electron chi connectivity index (χ3n) is 5.32. The molecule has 7 nitrogen and oxygen atoms in total. The van der Waals surface area contributed by atoms with Gasteiger partial charge in [0, 0.05) is 16.5 Å². The average molecular weight is 482 g/mol. The molecular formula is C25H24FN3O4S. The number of halogens is 1. The molecule has 0 radical (unpaired) electrons. The van der Waals surface area contributed by atoms with Crippen molar-refractivity contribution in [1.29, 1.82) is 5.41 Å². The molecule has 1 aliphatic heterocycles. The van der Waals surface area contributed by atoms with Gasteiger partial charge in [-0.2, -0.15) is 0 Å². The number of hydrogen-bond donors (Lipinski definition) is 3. The Bertz CT molecular complexity index is 1190. The molecule has 9 heteroatoms. The van der Waals surface area contributed by atoms with Crippen LogP contribution in [0.3, 0.4) is 0 Å². The fraction of sp³-hybridized carbons (Fsp3) is 0.200. The summed E-state index contributed by atoms with van der Waals surface area (Å²) in [6.07, 6.45) is -0.815. The van der Waals surface area contributed by atoms with Crippen LogP contribution in [0.1, 0.15) is 17.2 Å². The summed E-state index contributed by atoms with van der Waals surface area (Å²) >= 11 is 1.54. The highest BCUT2D eigenvalue weighted by Crippen LogP contribution is 2.42. The molecule has 0 saturated carbocycles. The highest BCUT2D eigenvalue weighted by Gasteiger charge is 2.28. The second-order valence-corrected chi connectivity index (χ2v) is 8.83. The Balaban J connectivity index is 1.48. The normalized spacial score (nSPS) is 15.2. The first-order valence-electron chi connectivity index (χ1n) is 10.6. The Morgan fingerprint density at radius 1 is 1.21 bits per heavy atom. The maximum atomic E-state index is 14.2. The minimum Gasteiger partial charge on any atom is -0.497 e. The van der Waals surface area contributed by atoms with Gasteiger partial charge >= 0.3 is 6.09 Å². The zero-order chi connectivity index (χ0) is 24.1. The quantitative estimate of drug-likeness (QED) is 0.303. The topological polar surface area (TPSA) is 107 Å². The molecule has 1 amide bonds. The fourth-order valence-electron chi connectivity index (χ4n) is 3.56. The molecule has 4 rings (SSSR count).